The average molecular weight is 272 g/mol. The van der Waals surface area contributed by atoms with Crippen molar-refractivity contribution < 1.29 is 0 Å². The number of fused-ring (bicyclic) bond motifs is 1. The highest BCUT2D eigenvalue weighted by Gasteiger charge is 2.06. The molecular weight excluding hydrogens is 256 g/mol. The number of aromatic nitrogens is 1. The first-order valence-corrected chi connectivity index (χ1v) is 6.92. The van der Waals surface area contributed by atoms with Gasteiger partial charge in [0.25, 0.3) is 0 Å². The van der Waals surface area contributed by atoms with Crippen molar-refractivity contribution in [1.82, 2.24) is 4.57 Å². The van der Waals surface area contributed by atoms with Gasteiger partial charge < -0.3 is 4.57 Å². The van der Waals surface area contributed by atoms with Gasteiger partial charge in [-0.15, -0.1) is 0 Å². The van der Waals surface area contributed by atoms with Crippen LogP contribution in [0.2, 0.25) is 0 Å². The van der Waals surface area contributed by atoms with Gasteiger partial charge in [0.15, 0.2) is 0 Å². The number of allylic oxidation sites excluding steroid dienone is 1. The molecule has 0 fully saturated rings. The predicted molar refractivity (Wildman–Crippen MR) is 87.6 cm³/mol. The fraction of sp³-hybridized carbons (Fsp3) is 0.105. The number of para-hydroxylation sites is 1. The van der Waals surface area contributed by atoms with E-state index in [2.05, 4.69) is 29.0 Å². The minimum absolute atomic E-state index is 0.686. The zero-order chi connectivity index (χ0) is 14.8. The van der Waals surface area contributed by atoms with Gasteiger partial charge in [-0.05, 0) is 24.6 Å². The molecule has 0 radical (unpaired) electrons. The van der Waals surface area contributed by atoms with E-state index < -0.39 is 0 Å². The van der Waals surface area contributed by atoms with Crippen molar-refractivity contribution in [2.75, 3.05) is 0 Å². The molecule has 0 N–H and O–H groups in total. The molecular formula is C19H16N2. The summed E-state index contributed by atoms with van der Waals surface area (Å²) >= 11 is 0. The van der Waals surface area contributed by atoms with Gasteiger partial charge in [0, 0.05) is 29.7 Å². The van der Waals surface area contributed by atoms with Gasteiger partial charge in [-0.1, -0.05) is 48.0 Å². The molecule has 0 bridgehead atoms. The quantitative estimate of drug-likeness (QED) is 0.629. The topological polar surface area (TPSA) is 28.7 Å². The molecule has 21 heavy (non-hydrogen) atoms. The summed E-state index contributed by atoms with van der Waals surface area (Å²) < 4.78 is 2.09. The molecule has 1 aromatic heterocycles. The first-order valence-electron chi connectivity index (χ1n) is 6.92. The fourth-order valence-corrected chi connectivity index (χ4v) is 2.56. The Bertz CT molecular complexity index is 859. The summed E-state index contributed by atoms with van der Waals surface area (Å²) in [7, 11) is 2.03. The third kappa shape index (κ3) is 2.46. The zero-order valence-electron chi connectivity index (χ0n) is 12.2. The zero-order valence-corrected chi connectivity index (χ0v) is 12.2. The van der Waals surface area contributed by atoms with E-state index >= 15 is 0 Å². The van der Waals surface area contributed by atoms with E-state index in [-0.39, 0.29) is 0 Å². The van der Waals surface area contributed by atoms with Crippen molar-refractivity contribution in [3.05, 3.63) is 71.4 Å². The summed E-state index contributed by atoms with van der Waals surface area (Å²) in [5, 5.41) is 10.6. The summed E-state index contributed by atoms with van der Waals surface area (Å²) in [5.74, 6) is 0. The average Bonchev–Trinajstić information content (AvgIpc) is 2.83. The van der Waals surface area contributed by atoms with Crippen LogP contribution in [0.3, 0.4) is 0 Å². The molecule has 0 atom stereocenters. The maximum Gasteiger partial charge on any atom is 0.0998 e. The molecule has 0 aliphatic heterocycles. The fourth-order valence-electron chi connectivity index (χ4n) is 2.56. The highest BCUT2D eigenvalue weighted by molar-refractivity contribution is 5.98. The van der Waals surface area contributed by atoms with E-state index in [1.54, 1.807) is 0 Å². The van der Waals surface area contributed by atoms with Gasteiger partial charge >= 0.3 is 0 Å². The van der Waals surface area contributed by atoms with Crippen molar-refractivity contribution in [1.29, 1.82) is 5.26 Å². The Morgan fingerprint density at radius 3 is 2.52 bits per heavy atom. The highest BCUT2D eigenvalue weighted by atomic mass is 14.9. The highest BCUT2D eigenvalue weighted by Crippen LogP contribution is 2.25. The van der Waals surface area contributed by atoms with E-state index in [1.807, 2.05) is 56.4 Å². The summed E-state index contributed by atoms with van der Waals surface area (Å²) in [4.78, 5) is 0. The normalized spacial score (nSPS) is 11.6. The summed E-state index contributed by atoms with van der Waals surface area (Å²) in [6, 6.07) is 18.6. The van der Waals surface area contributed by atoms with Crippen molar-refractivity contribution in [3.63, 3.8) is 0 Å². The van der Waals surface area contributed by atoms with Crippen LogP contribution in [0, 0.1) is 18.3 Å². The van der Waals surface area contributed by atoms with E-state index in [4.69, 9.17) is 0 Å². The molecule has 0 unspecified atom stereocenters. The van der Waals surface area contributed by atoms with Gasteiger partial charge in [0.1, 0.15) is 0 Å². The van der Waals surface area contributed by atoms with E-state index in [0.717, 1.165) is 11.1 Å². The van der Waals surface area contributed by atoms with Crippen molar-refractivity contribution in [2.24, 2.45) is 7.05 Å². The first kappa shape index (κ1) is 13.2. The molecule has 3 aromatic rings. The Morgan fingerprint density at radius 2 is 1.81 bits per heavy atom. The Balaban J connectivity index is 2.13. The number of hydrogen-bond acceptors (Lipinski definition) is 1. The first-order chi connectivity index (χ1) is 10.2. The lowest BCUT2D eigenvalue weighted by molar-refractivity contribution is 0.968. The van der Waals surface area contributed by atoms with E-state index in [9.17, 15) is 5.26 Å². The lowest BCUT2D eigenvalue weighted by Gasteiger charge is -2.00. The van der Waals surface area contributed by atoms with Crippen molar-refractivity contribution in [3.8, 4) is 6.07 Å². The Morgan fingerprint density at radius 1 is 1.10 bits per heavy atom. The van der Waals surface area contributed by atoms with Gasteiger partial charge in [-0.25, -0.2) is 0 Å². The van der Waals surface area contributed by atoms with Crippen LogP contribution in [-0.2, 0) is 7.05 Å². The molecule has 0 aliphatic carbocycles. The lowest BCUT2D eigenvalue weighted by Crippen LogP contribution is -1.83. The van der Waals surface area contributed by atoms with Gasteiger partial charge in [0.05, 0.1) is 11.6 Å². The van der Waals surface area contributed by atoms with Crippen LogP contribution < -0.4 is 0 Å². The smallest absolute Gasteiger partial charge is 0.0998 e. The summed E-state index contributed by atoms with van der Waals surface area (Å²) in [6.45, 7) is 2.05. The second-order valence-electron chi connectivity index (χ2n) is 5.25. The second kappa shape index (κ2) is 5.30. The molecule has 0 spiro atoms. The number of nitriles is 1. The number of hydrogen-bond donors (Lipinski definition) is 0. The molecule has 0 saturated carbocycles. The number of nitrogens with zero attached hydrogens (tertiary/aromatic N) is 2. The molecule has 0 saturated heterocycles. The number of benzene rings is 2. The molecule has 2 aromatic carbocycles. The van der Waals surface area contributed by atoms with Crippen LogP contribution in [-0.4, -0.2) is 4.57 Å². The minimum atomic E-state index is 0.686. The second-order valence-corrected chi connectivity index (χ2v) is 5.25. The van der Waals surface area contributed by atoms with Crippen LogP contribution in [0.15, 0.2) is 54.7 Å². The monoisotopic (exact) mass is 272 g/mol. The number of rotatable bonds is 2. The van der Waals surface area contributed by atoms with Crippen LogP contribution >= 0.6 is 0 Å². The van der Waals surface area contributed by atoms with E-state index in [1.165, 1.54) is 16.5 Å². The van der Waals surface area contributed by atoms with Crippen LogP contribution in [0.5, 0.6) is 0 Å². The van der Waals surface area contributed by atoms with Crippen molar-refractivity contribution in [2.45, 2.75) is 6.92 Å². The Hall–Kier alpha value is -2.79. The summed E-state index contributed by atoms with van der Waals surface area (Å²) in [6.07, 6.45) is 4.03. The predicted octanol–water partition coefficient (Wildman–Crippen LogP) is 4.55. The SMILES string of the molecule is Cc1ccc(/C(C#N)=C\c2cn(C)c3ccccc23)cc1. The van der Waals surface area contributed by atoms with Gasteiger partial charge in [0.2, 0.25) is 0 Å². The largest absolute Gasteiger partial charge is 0.350 e. The molecule has 3 rings (SSSR count). The molecule has 0 aliphatic rings. The molecule has 102 valence electrons. The minimum Gasteiger partial charge on any atom is -0.350 e. The van der Waals surface area contributed by atoms with Crippen LogP contribution in [0.4, 0.5) is 0 Å². The molecule has 2 nitrogen and oxygen atoms in total. The van der Waals surface area contributed by atoms with E-state index in [0.29, 0.717) is 5.57 Å². The van der Waals surface area contributed by atoms with Gasteiger partial charge in [-0.3, -0.25) is 0 Å². The Kier molecular flexibility index (Phi) is 3.33. The van der Waals surface area contributed by atoms with Crippen LogP contribution in [0.1, 0.15) is 16.7 Å². The maximum absolute atomic E-state index is 9.46. The summed E-state index contributed by atoms with van der Waals surface area (Å²) in [5.41, 5.74) is 5.08. The molecule has 0 amide bonds. The van der Waals surface area contributed by atoms with Gasteiger partial charge in [-0.2, -0.15) is 5.26 Å². The Labute approximate surface area is 124 Å². The van der Waals surface area contributed by atoms with Crippen LogP contribution in [0.25, 0.3) is 22.6 Å². The standard InChI is InChI=1S/C19H16N2/c1-14-7-9-15(10-8-14)16(12-20)11-17-13-21(2)19-6-4-3-5-18(17)19/h3-11,13H,1-2H3/b16-11-. The third-order valence-corrected chi connectivity index (χ3v) is 3.71. The number of aryl methyl sites for hydroxylation is 2. The maximum atomic E-state index is 9.46. The molecule has 1 heterocycles. The third-order valence-electron chi connectivity index (χ3n) is 3.71. The van der Waals surface area contributed by atoms with Crippen molar-refractivity contribution >= 4 is 22.6 Å². The lowest BCUT2D eigenvalue weighted by atomic mass is 10.0. The molecule has 2 heteroatoms.